The van der Waals surface area contributed by atoms with E-state index >= 15 is 0 Å². The molecule has 3 aromatic rings. The number of nitrogens with one attached hydrogen (secondary N) is 1. The van der Waals surface area contributed by atoms with Crippen molar-refractivity contribution in [3.05, 3.63) is 83.9 Å². The van der Waals surface area contributed by atoms with E-state index in [4.69, 9.17) is 19.9 Å². The van der Waals surface area contributed by atoms with Gasteiger partial charge in [0, 0.05) is 17.3 Å². The van der Waals surface area contributed by atoms with Gasteiger partial charge in [0.05, 0.1) is 20.8 Å². The van der Waals surface area contributed by atoms with Crippen molar-refractivity contribution in [1.29, 1.82) is 0 Å². The summed E-state index contributed by atoms with van der Waals surface area (Å²) in [7, 11) is 3.18. The van der Waals surface area contributed by atoms with Gasteiger partial charge < -0.3 is 25.3 Å². The predicted octanol–water partition coefficient (Wildman–Crippen LogP) is 4.21. The van der Waals surface area contributed by atoms with Crippen LogP contribution in [-0.4, -0.2) is 20.2 Å². The third kappa shape index (κ3) is 5.65. The van der Waals surface area contributed by atoms with Gasteiger partial charge in [0.15, 0.2) is 17.5 Å². The molecule has 150 valence electrons. The number of hydrogen-bond donors (Lipinski definition) is 2. The molecule has 0 radical (unpaired) electrons. The number of anilines is 1. The molecule has 0 unspecified atom stereocenters. The van der Waals surface area contributed by atoms with Crippen LogP contribution in [0.5, 0.6) is 17.2 Å². The van der Waals surface area contributed by atoms with Crippen LogP contribution in [0.2, 0.25) is 0 Å². The van der Waals surface area contributed by atoms with Crippen molar-refractivity contribution in [3.8, 4) is 17.2 Å². The van der Waals surface area contributed by atoms with Crippen molar-refractivity contribution in [3.63, 3.8) is 0 Å². The Bertz CT molecular complexity index is 959. The molecule has 3 N–H and O–H groups in total. The summed E-state index contributed by atoms with van der Waals surface area (Å²) >= 11 is 0. The highest BCUT2D eigenvalue weighted by atomic mass is 16.5. The number of nitrogens with zero attached hydrogens (tertiary/aromatic N) is 1. The SMILES string of the molecule is COc1ccc(NC(N)=NCc2ccccc2OCc2ccccc2)cc1OC. The average molecular weight is 391 g/mol. The van der Waals surface area contributed by atoms with Gasteiger partial charge in [-0.1, -0.05) is 48.5 Å². The first kappa shape index (κ1) is 20.1. The Hall–Kier alpha value is -3.67. The van der Waals surface area contributed by atoms with E-state index in [0.717, 1.165) is 22.6 Å². The first-order valence-electron chi connectivity index (χ1n) is 9.23. The molecular weight excluding hydrogens is 366 g/mol. The van der Waals surface area contributed by atoms with Crippen LogP contribution in [-0.2, 0) is 13.2 Å². The van der Waals surface area contributed by atoms with Gasteiger partial charge in [0.1, 0.15) is 12.4 Å². The van der Waals surface area contributed by atoms with Gasteiger partial charge in [-0.05, 0) is 23.8 Å². The molecule has 0 saturated carbocycles. The second-order valence-corrected chi connectivity index (χ2v) is 6.28. The Morgan fingerprint density at radius 1 is 0.862 bits per heavy atom. The number of rotatable bonds is 8. The van der Waals surface area contributed by atoms with Crippen LogP contribution in [0.4, 0.5) is 5.69 Å². The van der Waals surface area contributed by atoms with E-state index in [2.05, 4.69) is 10.3 Å². The van der Waals surface area contributed by atoms with Crippen LogP contribution in [0.15, 0.2) is 77.8 Å². The van der Waals surface area contributed by atoms with Gasteiger partial charge in [0.25, 0.3) is 0 Å². The minimum absolute atomic E-state index is 0.301. The number of guanidine groups is 1. The van der Waals surface area contributed by atoms with Gasteiger partial charge in [-0.2, -0.15) is 0 Å². The van der Waals surface area contributed by atoms with E-state index in [9.17, 15) is 0 Å². The highest BCUT2D eigenvalue weighted by Crippen LogP contribution is 2.29. The van der Waals surface area contributed by atoms with Crippen molar-refractivity contribution < 1.29 is 14.2 Å². The number of hydrogen-bond acceptors (Lipinski definition) is 4. The maximum atomic E-state index is 6.06. The van der Waals surface area contributed by atoms with Crippen LogP contribution in [0.1, 0.15) is 11.1 Å². The predicted molar refractivity (Wildman–Crippen MR) is 116 cm³/mol. The normalized spacial score (nSPS) is 11.0. The lowest BCUT2D eigenvalue weighted by atomic mass is 10.2. The summed E-state index contributed by atoms with van der Waals surface area (Å²) in [5.74, 6) is 2.36. The fraction of sp³-hybridized carbons (Fsp3) is 0.174. The molecule has 6 nitrogen and oxygen atoms in total. The zero-order valence-electron chi connectivity index (χ0n) is 16.6. The highest BCUT2D eigenvalue weighted by Gasteiger charge is 2.06. The molecule has 0 heterocycles. The average Bonchev–Trinajstić information content (AvgIpc) is 2.77. The summed E-state index contributed by atoms with van der Waals surface area (Å²) < 4.78 is 16.5. The molecule has 0 spiro atoms. The lowest BCUT2D eigenvalue weighted by Gasteiger charge is -2.12. The summed E-state index contributed by atoms with van der Waals surface area (Å²) in [6.07, 6.45) is 0. The fourth-order valence-corrected chi connectivity index (χ4v) is 2.78. The van der Waals surface area contributed by atoms with Gasteiger partial charge in [-0.3, -0.25) is 0 Å². The molecule has 29 heavy (non-hydrogen) atoms. The van der Waals surface area contributed by atoms with Gasteiger partial charge in [-0.25, -0.2) is 4.99 Å². The maximum absolute atomic E-state index is 6.06. The number of para-hydroxylation sites is 1. The van der Waals surface area contributed by atoms with Crippen molar-refractivity contribution in [2.45, 2.75) is 13.2 Å². The third-order valence-corrected chi connectivity index (χ3v) is 4.29. The molecule has 6 heteroatoms. The Balaban J connectivity index is 1.65. The molecule has 0 aliphatic rings. The van der Waals surface area contributed by atoms with Crippen LogP contribution >= 0.6 is 0 Å². The van der Waals surface area contributed by atoms with E-state index in [1.54, 1.807) is 26.4 Å². The Kier molecular flexibility index (Phi) is 6.95. The lowest BCUT2D eigenvalue weighted by molar-refractivity contribution is 0.303. The van der Waals surface area contributed by atoms with Gasteiger partial charge >= 0.3 is 0 Å². The number of methoxy groups -OCH3 is 2. The Morgan fingerprint density at radius 2 is 1.59 bits per heavy atom. The van der Waals surface area contributed by atoms with Crippen LogP contribution in [0, 0.1) is 0 Å². The summed E-state index contributed by atoms with van der Waals surface area (Å²) in [5, 5.41) is 3.07. The number of aliphatic imine (C=N–C) groups is 1. The Morgan fingerprint density at radius 3 is 2.34 bits per heavy atom. The van der Waals surface area contributed by atoms with E-state index in [-0.39, 0.29) is 0 Å². The second-order valence-electron chi connectivity index (χ2n) is 6.28. The first-order chi connectivity index (χ1) is 14.2. The molecule has 3 rings (SSSR count). The molecule has 0 aliphatic heterocycles. The summed E-state index contributed by atoms with van der Waals surface area (Å²) in [6.45, 7) is 0.901. The smallest absolute Gasteiger partial charge is 0.193 e. The summed E-state index contributed by atoms with van der Waals surface area (Å²) in [5.41, 5.74) is 8.89. The lowest BCUT2D eigenvalue weighted by Crippen LogP contribution is -2.22. The van der Waals surface area contributed by atoms with Crippen molar-refractivity contribution >= 4 is 11.6 Å². The number of benzene rings is 3. The van der Waals surface area contributed by atoms with Crippen molar-refractivity contribution in [2.75, 3.05) is 19.5 Å². The topological polar surface area (TPSA) is 78.1 Å². The van der Waals surface area contributed by atoms with Gasteiger partial charge in [-0.15, -0.1) is 0 Å². The van der Waals surface area contributed by atoms with E-state index in [1.807, 2.05) is 60.7 Å². The minimum atomic E-state index is 0.301. The fourth-order valence-electron chi connectivity index (χ4n) is 2.78. The van der Waals surface area contributed by atoms with Gasteiger partial charge in [0.2, 0.25) is 0 Å². The number of ether oxygens (including phenoxy) is 3. The third-order valence-electron chi connectivity index (χ3n) is 4.29. The molecule has 0 amide bonds. The second kappa shape index (κ2) is 10.0. The van der Waals surface area contributed by atoms with E-state index < -0.39 is 0 Å². The van der Waals surface area contributed by atoms with E-state index in [1.165, 1.54) is 0 Å². The summed E-state index contributed by atoms with van der Waals surface area (Å²) in [6, 6.07) is 23.3. The van der Waals surface area contributed by atoms with E-state index in [0.29, 0.717) is 30.6 Å². The molecule has 0 atom stereocenters. The molecule has 3 aromatic carbocycles. The molecular formula is C23H25N3O3. The zero-order valence-corrected chi connectivity index (χ0v) is 16.6. The van der Waals surface area contributed by atoms with Crippen LogP contribution in [0.25, 0.3) is 0 Å². The maximum Gasteiger partial charge on any atom is 0.193 e. The van der Waals surface area contributed by atoms with Crippen molar-refractivity contribution in [2.24, 2.45) is 10.7 Å². The minimum Gasteiger partial charge on any atom is -0.493 e. The molecule has 0 aliphatic carbocycles. The largest absolute Gasteiger partial charge is 0.493 e. The Labute approximate surface area is 170 Å². The van der Waals surface area contributed by atoms with Crippen LogP contribution in [0.3, 0.4) is 0 Å². The number of nitrogens with two attached hydrogens (primary N) is 1. The van der Waals surface area contributed by atoms with Crippen molar-refractivity contribution in [1.82, 2.24) is 0 Å². The molecule has 0 bridgehead atoms. The van der Waals surface area contributed by atoms with Crippen LogP contribution < -0.4 is 25.3 Å². The first-order valence-corrected chi connectivity index (χ1v) is 9.23. The quantitative estimate of drug-likeness (QED) is 0.444. The molecule has 0 fully saturated rings. The molecule has 0 saturated heterocycles. The standard InChI is InChI=1S/C23H25N3O3/c1-27-21-13-12-19(14-22(21)28-2)26-23(24)25-15-18-10-6-7-11-20(18)29-16-17-8-4-3-5-9-17/h3-14H,15-16H2,1-2H3,(H3,24,25,26). The molecule has 0 aromatic heterocycles. The highest BCUT2D eigenvalue weighted by molar-refractivity contribution is 5.92. The monoisotopic (exact) mass is 391 g/mol. The zero-order chi connectivity index (χ0) is 20.5. The summed E-state index contributed by atoms with van der Waals surface area (Å²) in [4.78, 5) is 4.43.